The average Bonchev–Trinajstić information content (AvgIpc) is 3.21. The van der Waals surface area contributed by atoms with E-state index in [0.717, 1.165) is 12.8 Å². The molecule has 3 aromatic rings. The van der Waals surface area contributed by atoms with Crippen molar-refractivity contribution in [2.24, 2.45) is 0 Å². The normalized spacial score (nSPS) is 14.0. The number of hydrogen-bond acceptors (Lipinski definition) is 6. The maximum Gasteiger partial charge on any atom is 0.233 e. The zero-order chi connectivity index (χ0) is 14.9. The Morgan fingerprint density at radius 2 is 1.82 bits per heavy atom. The second kappa shape index (κ2) is 5.22. The van der Waals surface area contributed by atoms with Gasteiger partial charge in [0.25, 0.3) is 0 Å². The highest BCUT2D eigenvalue weighted by Gasteiger charge is 2.27. The van der Waals surface area contributed by atoms with E-state index in [9.17, 15) is 0 Å². The Bertz CT molecular complexity index is 773. The Hall–Kier alpha value is -2.76. The van der Waals surface area contributed by atoms with E-state index in [4.69, 9.17) is 9.26 Å². The third kappa shape index (κ3) is 2.22. The standard InChI is InChI=1S/C16H14N4O2/c1-21-14-7-6-13(18-19-14)15-17-16(22-20-15)12-8-10-4-2-3-5-11(10)9-12/h2-7,12H,8-9H2,1H3. The molecule has 1 aromatic carbocycles. The van der Waals surface area contributed by atoms with Gasteiger partial charge in [-0.2, -0.15) is 4.98 Å². The molecule has 110 valence electrons. The van der Waals surface area contributed by atoms with Gasteiger partial charge in [-0.3, -0.25) is 0 Å². The van der Waals surface area contributed by atoms with Crippen LogP contribution in [0.1, 0.15) is 22.9 Å². The van der Waals surface area contributed by atoms with Crippen molar-refractivity contribution in [1.82, 2.24) is 20.3 Å². The zero-order valence-corrected chi connectivity index (χ0v) is 12.1. The predicted molar refractivity (Wildman–Crippen MR) is 78.5 cm³/mol. The molecule has 2 aromatic heterocycles. The first-order valence-corrected chi connectivity index (χ1v) is 7.12. The Kier molecular flexibility index (Phi) is 3.07. The lowest BCUT2D eigenvalue weighted by molar-refractivity contribution is 0.356. The molecular weight excluding hydrogens is 280 g/mol. The van der Waals surface area contributed by atoms with Gasteiger partial charge in [-0.25, -0.2) is 0 Å². The SMILES string of the molecule is COc1ccc(-c2noc(C3Cc4ccccc4C3)n2)nn1. The smallest absolute Gasteiger partial charge is 0.233 e. The highest BCUT2D eigenvalue weighted by Crippen LogP contribution is 2.33. The van der Waals surface area contributed by atoms with Crippen molar-refractivity contribution < 1.29 is 9.26 Å². The largest absolute Gasteiger partial charge is 0.480 e. The average molecular weight is 294 g/mol. The number of rotatable bonds is 3. The minimum atomic E-state index is 0.241. The van der Waals surface area contributed by atoms with Gasteiger partial charge in [0.1, 0.15) is 5.69 Å². The number of benzene rings is 1. The minimum absolute atomic E-state index is 0.241. The predicted octanol–water partition coefficient (Wildman–Crippen LogP) is 2.42. The van der Waals surface area contributed by atoms with Crippen LogP contribution < -0.4 is 4.74 Å². The molecule has 0 bridgehead atoms. The van der Waals surface area contributed by atoms with Gasteiger partial charge in [0.2, 0.25) is 17.6 Å². The summed E-state index contributed by atoms with van der Waals surface area (Å²) < 4.78 is 10.4. The van der Waals surface area contributed by atoms with Crippen LogP contribution in [0.3, 0.4) is 0 Å². The van der Waals surface area contributed by atoms with Gasteiger partial charge in [0, 0.05) is 12.0 Å². The molecule has 0 saturated heterocycles. The molecule has 6 heteroatoms. The van der Waals surface area contributed by atoms with Gasteiger partial charge in [-0.1, -0.05) is 29.4 Å². The van der Waals surface area contributed by atoms with Crippen LogP contribution in [0.4, 0.5) is 0 Å². The maximum absolute atomic E-state index is 5.43. The van der Waals surface area contributed by atoms with E-state index in [0.29, 0.717) is 23.3 Å². The molecule has 0 amide bonds. The summed E-state index contributed by atoms with van der Waals surface area (Å²) in [6, 6.07) is 11.9. The van der Waals surface area contributed by atoms with E-state index in [2.05, 4.69) is 44.6 Å². The van der Waals surface area contributed by atoms with Gasteiger partial charge < -0.3 is 9.26 Å². The van der Waals surface area contributed by atoms with Crippen LogP contribution in [-0.2, 0) is 12.8 Å². The summed E-state index contributed by atoms with van der Waals surface area (Å²) >= 11 is 0. The molecule has 0 atom stereocenters. The second-order valence-corrected chi connectivity index (χ2v) is 5.29. The molecule has 0 aliphatic heterocycles. The van der Waals surface area contributed by atoms with Gasteiger partial charge in [-0.15, -0.1) is 10.2 Å². The van der Waals surface area contributed by atoms with Crippen LogP contribution in [0.5, 0.6) is 5.88 Å². The van der Waals surface area contributed by atoms with Crippen molar-refractivity contribution in [2.75, 3.05) is 7.11 Å². The topological polar surface area (TPSA) is 73.9 Å². The summed E-state index contributed by atoms with van der Waals surface area (Å²) in [5, 5.41) is 12.0. The van der Waals surface area contributed by atoms with Crippen LogP contribution in [-0.4, -0.2) is 27.4 Å². The van der Waals surface area contributed by atoms with E-state index in [-0.39, 0.29) is 5.92 Å². The summed E-state index contributed by atoms with van der Waals surface area (Å²) in [5.41, 5.74) is 3.29. The van der Waals surface area contributed by atoms with Crippen LogP contribution in [0, 0.1) is 0 Å². The molecule has 6 nitrogen and oxygen atoms in total. The molecule has 1 aliphatic rings. The molecule has 0 fully saturated rings. The molecule has 1 aliphatic carbocycles. The Labute approximate surface area is 127 Å². The van der Waals surface area contributed by atoms with Crippen molar-refractivity contribution in [2.45, 2.75) is 18.8 Å². The summed E-state index contributed by atoms with van der Waals surface area (Å²) in [6.07, 6.45) is 1.87. The summed E-state index contributed by atoms with van der Waals surface area (Å²) in [6.45, 7) is 0. The first-order valence-electron chi connectivity index (χ1n) is 7.12. The number of fused-ring (bicyclic) bond motifs is 1. The molecule has 0 saturated carbocycles. The number of hydrogen-bond donors (Lipinski definition) is 0. The van der Waals surface area contributed by atoms with Crippen molar-refractivity contribution in [3.8, 4) is 17.4 Å². The van der Waals surface area contributed by atoms with Crippen LogP contribution in [0.25, 0.3) is 11.5 Å². The number of methoxy groups -OCH3 is 1. The highest BCUT2D eigenvalue weighted by molar-refractivity contribution is 5.47. The molecule has 4 rings (SSSR count). The van der Waals surface area contributed by atoms with Gasteiger partial charge in [0.05, 0.1) is 7.11 Å². The summed E-state index contributed by atoms with van der Waals surface area (Å²) in [5.74, 6) is 1.81. The van der Waals surface area contributed by atoms with Crippen LogP contribution in [0.2, 0.25) is 0 Å². The van der Waals surface area contributed by atoms with E-state index >= 15 is 0 Å². The molecule has 0 spiro atoms. The van der Waals surface area contributed by atoms with E-state index in [1.165, 1.54) is 11.1 Å². The lowest BCUT2D eigenvalue weighted by atomic mass is 10.1. The fraction of sp³-hybridized carbons (Fsp3) is 0.250. The first kappa shape index (κ1) is 12.9. The van der Waals surface area contributed by atoms with Crippen molar-refractivity contribution in [1.29, 1.82) is 0 Å². The molecule has 0 unspecified atom stereocenters. The zero-order valence-electron chi connectivity index (χ0n) is 12.1. The molecule has 2 heterocycles. The number of ether oxygens (including phenoxy) is 1. The van der Waals surface area contributed by atoms with Crippen LogP contribution in [0.15, 0.2) is 40.9 Å². The molecular formula is C16H14N4O2. The van der Waals surface area contributed by atoms with E-state index < -0.39 is 0 Å². The Morgan fingerprint density at radius 3 is 2.45 bits per heavy atom. The molecule has 22 heavy (non-hydrogen) atoms. The number of nitrogens with zero attached hydrogens (tertiary/aromatic N) is 4. The fourth-order valence-corrected chi connectivity index (χ4v) is 2.79. The second-order valence-electron chi connectivity index (χ2n) is 5.29. The quantitative estimate of drug-likeness (QED) is 0.738. The van der Waals surface area contributed by atoms with E-state index in [1.54, 1.807) is 19.2 Å². The van der Waals surface area contributed by atoms with Crippen molar-refractivity contribution in [3.63, 3.8) is 0 Å². The Balaban J connectivity index is 1.57. The molecule has 0 N–H and O–H groups in total. The lowest BCUT2D eigenvalue weighted by Crippen LogP contribution is -1.98. The Morgan fingerprint density at radius 1 is 1.05 bits per heavy atom. The third-order valence-corrected chi connectivity index (χ3v) is 3.92. The van der Waals surface area contributed by atoms with Gasteiger partial charge in [-0.05, 0) is 30.0 Å². The van der Waals surface area contributed by atoms with Gasteiger partial charge >= 0.3 is 0 Å². The highest BCUT2D eigenvalue weighted by atomic mass is 16.5. The summed E-state index contributed by atoms with van der Waals surface area (Å²) in [4.78, 5) is 4.48. The summed E-state index contributed by atoms with van der Waals surface area (Å²) in [7, 11) is 1.55. The van der Waals surface area contributed by atoms with E-state index in [1.807, 2.05) is 0 Å². The third-order valence-electron chi connectivity index (χ3n) is 3.92. The first-order chi connectivity index (χ1) is 10.8. The monoisotopic (exact) mass is 294 g/mol. The number of aromatic nitrogens is 4. The van der Waals surface area contributed by atoms with Gasteiger partial charge in [0.15, 0.2) is 0 Å². The lowest BCUT2D eigenvalue weighted by Gasteiger charge is -2.00. The fourth-order valence-electron chi connectivity index (χ4n) is 2.79. The maximum atomic E-state index is 5.43. The minimum Gasteiger partial charge on any atom is -0.480 e. The molecule has 0 radical (unpaired) electrons. The van der Waals surface area contributed by atoms with Crippen molar-refractivity contribution >= 4 is 0 Å². The van der Waals surface area contributed by atoms with Crippen LogP contribution >= 0.6 is 0 Å². The van der Waals surface area contributed by atoms with Crippen molar-refractivity contribution in [3.05, 3.63) is 53.4 Å².